The molecule has 1 heterocycles. The van der Waals surface area contributed by atoms with E-state index < -0.39 is 28.5 Å². The Morgan fingerprint density at radius 1 is 1.06 bits per heavy atom. The molecular formula is C6H11Ac4AuNO4Te-. The van der Waals surface area contributed by atoms with Crippen molar-refractivity contribution in [1.29, 1.82) is 0 Å². The molecule has 0 saturated carbocycles. The Balaban J connectivity index is -0.0000000960. The SMILES string of the molecule is [Ac].[Ac].[Ac].[Ac].[Au].[NH-]C1C([Te])OC(CO)C(O)C1O. The van der Waals surface area contributed by atoms with Crippen molar-refractivity contribution in [2.45, 2.75) is 28.5 Å². The molecule has 0 bridgehead atoms. The molecule has 0 aliphatic carbocycles. The maximum absolute atomic E-state index is 9.29. The van der Waals surface area contributed by atoms with Crippen LogP contribution in [0.3, 0.4) is 0 Å². The first-order chi connectivity index (χ1) is 5.57. The van der Waals surface area contributed by atoms with Gasteiger partial charge in [0.15, 0.2) is 0 Å². The molecule has 6 radical (unpaired) electrons. The van der Waals surface area contributed by atoms with Crippen LogP contribution in [0.4, 0.5) is 0 Å². The zero-order valence-electron chi connectivity index (χ0n) is 8.86. The summed E-state index contributed by atoms with van der Waals surface area (Å²) in [6.07, 6.45) is -3.05. The summed E-state index contributed by atoms with van der Waals surface area (Å²) in [5.74, 6) is 0. The van der Waals surface area contributed by atoms with Crippen molar-refractivity contribution in [3.05, 3.63) is 5.73 Å². The van der Waals surface area contributed by atoms with Gasteiger partial charge in [0.25, 0.3) is 0 Å². The Hall–Kier alpha value is 7.10. The minimum absolute atomic E-state index is 0. The third-order valence-electron chi connectivity index (χ3n) is 1.88. The van der Waals surface area contributed by atoms with Gasteiger partial charge in [0.05, 0.1) is 0 Å². The molecule has 5 unspecified atom stereocenters. The van der Waals surface area contributed by atoms with E-state index in [1.165, 1.54) is 0 Å². The van der Waals surface area contributed by atoms with Crippen molar-refractivity contribution in [3.63, 3.8) is 0 Å². The standard InChI is InChI=1S/C6H11NO4Te.4Ac.Au/c7-3-5(10)4(9)2(1-8)11-6(3)12;;;;;/h2-10H,1H2;;;;;/q-1;;;;;. The molecule has 1 rings (SSSR count). The summed E-state index contributed by atoms with van der Waals surface area (Å²) >= 11 is 1.56. The first-order valence-electron chi connectivity index (χ1n) is 3.57. The predicted molar refractivity (Wildman–Crippen MR) is 41.6 cm³/mol. The summed E-state index contributed by atoms with van der Waals surface area (Å²) in [5, 5.41) is 27.3. The fourth-order valence-corrected chi connectivity index (χ4v) is 1.95. The van der Waals surface area contributed by atoms with Gasteiger partial charge in [-0.25, -0.2) is 0 Å². The van der Waals surface area contributed by atoms with Gasteiger partial charge in [0.2, 0.25) is 0 Å². The van der Waals surface area contributed by atoms with Gasteiger partial charge in [-0.2, -0.15) is 0 Å². The van der Waals surface area contributed by atoms with Crippen LogP contribution in [0.1, 0.15) is 0 Å². The zero-order chi connectivity index (χ0) is 9.30. The zero-order valence-corrected chi connectivity index (χ0v) is 32.3. The molecule has 4 N–H and O–H groups in total. The van der Waals surface area contributed by atoms with Crippen molar-refractivity contribution < 1.29 is 219 Å². The molecule has 0 aromatic heterocycles. The normalized spacial score (nSPS) is 34.8. The molecule has 1 fully saturated rings. The van der Waals surface area contributed by atoms with Gasteiger partial charge >= 0.3 is 83.2 Å². The third-order valence-corrected chi connectivity index (χ3v) is 3.03. The number of hydrogen-bond acceptors (Lipinski definition) is 4. The van der Waals surface area contributed by atoms with Gasteiger partial charge in [0, 0.05) is 199 Å². The first-order valence-corrected chi connectivity index (χ1v) is 4.92. The Kier molecular flexibility index (Phi) is 40.3. The Morgan fingerprint density at radius 3 is 1.82 bits per heavy atom. The summed E-state index contributed by atoms with van der Waals surface area (Å²) in [7, 11) is 0. The molecule has 5 nitrogen and oxygen atoms in total. The number of aliphatic hydroxyl groups is 3. The molecule has 1 saturated heterocycles. The van der Waals surface area contributed by atoms with Crippen LogP contribution in [0.5, 0.6) is 0 Å². The molecule has 94 valence electrons. The Bertz CT molecular complexity index is 172. The average molecular weight is 1390 g/mol. The van der Waals surface area contributed by atoms with E-state index in [0.717, 1.165) is 0 Å². The third kappa shape index (κ3) is 12.1. The van der Waals surface area contributed by atoms with Crippen molar-refractivity contribution in [2.75, 3.05) is 6.61 Å². The van der Waals surface area contributed by atoms with Gasteiger partial charge < -0.3 is 0 Å². The van der Waals surface area contributed by atoms with Crippen molar-refractivity contribution >= 4 is 22.3 Å². The molecule has 11 heteroatoms. The van der Waals surface area contributed by atoms with Crippen LogP contribution in [-0.2, 0) is 27.1 Å². The molecule has 5 atom stereocenters. The second kappa shape index (κ2) is 19.4. The molecule has 0 aromatic carbocycles. The predicted octanol–water partition coefficient (Wildman–Crippen LogP) is -1.99. The Morgan fingerprint density at radius 2 is 1.47 bits per heavy atom. The van der Waals surface area contributed by atoms with E-state index >= 15 is 0 Å². The van der Waals surface area contributed by atoms with E-state index in [9.17, 15) is 10.2 Å². The molecule has 0 spiro atoms. The van der Waals surface area contributed by atoms with Crippen LogP contribution in [0.25, 0.3) is 5.73 Å². The van der Waals surface area contributed by atoms with Gasteiger partial charge in [-0.3, -0.25) is 0 Å². The second-order valence-electron chi connectivity index (χ2n) is 2.73. The van der Waals surface area contributed by atoms with Crippen LogP contribution >= 0.6 is 0 Å². The van der Waals surface area contributed by atoms with E-state index in [1.54, 1.807) is 22.3 Å². The summed E-state index contributed by atoms with van der Waals surface area (Å²) in [5.41, 5.74) is 7.37. The van der Waals surface area contributed by atoms with E-state index in [2.05, 4.69) is 0 Å². The molecule has 0 amide bonds. The van der Waals surface area contributed by atoms with Crippen molar-refractivity contribution in [3.8, 4) is 0 Å². The van der Waals surface area contributed by atoms with Crippen LogP contribution in [0, 0.1) is 176 Å². The van der Waals surface area contributed by atoms with E-state index in [0.29, 0.717) is 0 Å². The quantitative estimate of drug-likeness (QED) is 0.266. The average Bonchev–Trinajstić information content (AvgIpc) is 2.08. The van der Waals surface area contributed by atoms with E-state index in [1.807, 2.05) is 0 Å². The number of nitrogens with one attached hydrogen (secondary N) is 1. The molecule has 0 aromatic rings. The second-order valence-corrected chi connectivity index (χ2v) is 4.06. The fraction of sp³-hybridized carbons (Fsp3) is 1.00. The molecule has 1 aliphatic rings. The number of ether oxygens (including phenoxy) is 1. The van der Waals surface area contributed by atoms with Gasteiger partial charge in [-0.1, -0.05) is 0 Å². The molecule has 1 aliphatic heterocycles. The summed E-state index contributed by atoms with van der Waals surface area (Å²) < 4.78 is 4.64. The van der Waals surface area contributed by atoms with Gasteiger partial charge in [0.1, 0.15) is 0 Å². The van der Waals surface area contributed by atoms with Crippen LogP contribution in [-0.4, -0.2) is 72.7 Å². The van der Waals surface area contributed by atoms with Gasteiger partial charge in [-0.15, -0.1) is 0 Å². The number of hydrogen-bond donors (Lipinski definition) is 3. The first kappa shape index (κ1) is 35.2. The van der Waals surface area contributed by atoms with E-state index in [4.69, 9.17) is 15.6 Å². The van der Waals surface area contributed by atoms with Crippen LogP contribution in [0.15, 0.2) is 0 Å². The van der Waals surface area contributed by atoms with Crippen molar-refractivity contribution in [2.24, 2.45) is 0 Å². The van der Waals surface area contributed by atoms with Crippen LogP contribution in [0.2, 0.25) is 0 Å². The summed E-state index contributed by atoms with van der Waals surface area (Å²) in [6.45, 7) is -0.336. The fourth-order valence-electron chi connectivity index (χ4n) is 1.08. The van der Waals surface area contributed by atoms with E-state index in [-0.39, 0.29) is 205 Å². The minimum atomic E-state index is -1.16. The molecular weight excluding hydrogens is 1380 g/mol. The topological polar surface area (TPSA) is 93.7 Å². The summed E-state index contributed by atoms with van der Waals surface area (Å²) in [6, 6.07) is -0.840. The monoisotopic (exact) mass is 1400 g/mol. The van der Waals surface area contributed by atoms with Crippen LogP contribution < -0.4 is 0 Å². The number of aliphatic hydroxyl groups excluding tert-OH is 3. The Labute approximate surface area is 273 Å². The summed E-state index contributed by atoms with van der Waals surface area (Å²) in [4.78, 5) is 0. The van der Waals surface area contributed by atoms with Gasteiger partial charge in [-0.05, 0) is 0 Å². The van der Waals surface area contributed by atoms with Crippen molar-refractivity contribution in [1.82, 2.24) is 0 Å². The maximum atomic E-state index is 9.29. The number of rotatable bonds is 1. The molecule has 17 heavy (non-hydrogen) atoms.